The normalized spacial score (nSPS) is 21.2. The van der Waals surface area contributed by atoms with E-state index in [9.17, 15) is 9.59 Å². The molecule has 1 aliphatic carbocycles. The van der Waals surface area contributed by atoms with Gasteiger partial charge in [-0.15, -0.1) is 0 Å². The van der Waals surface area contributed by atoms with Crippen LogP contribution in [0.5, 0.6) is 0 Å². The van der Waals surface area contributed by atoms with Crippen molar-refractivity contribution in [1.82, 2.24) is 0 Å². The maximum absolute atomic E-state index is 11.8. The van der Waals surface area contributed by atoms with Crippen molar-refractivity contribution in [3.05, 3.63) is 24.3 Å². The van der Waals surface area contributed by atoms with Crippen LogP contribution in [0.3, 0.4) is 0 Å². The SMILES string of the molecule is CCC(=O)Nc1cccc(NC(=O)[C@@H]2C[C@@H]2C)c1. The van der Waals surface area contributed by atoms with Gasteiger partial charge in [-0.05, 0) is 30.5 Å². The first kappa shape index (κ1) is 12.6. The van der Waals surface area contributed by atoms with Crippen molar-refractivity contribution in [2.45, 2.75) is 26.7 Å². The van der Waals surface area contributed by atoms with Crippen molar-refractivity contribution in [3.63, 3.8) is 0 Å². The highest BCUT2D eigenvalue weighted by Gasteiger charge is 2.39. The summed E-state index contributed by atoms with van der Waals surface area (Å²) in [4.78, 5) is 23.1. The molecule has 2 N–H and O–H groups in total. The number of rotatable bonds is 4. The minimum Gasteiger partial charge on any atom is -0.326 e. The first-order chi connectivity index (χ1) is 8.60. The number of carbonyl (C=O) groups is 2. The molecule has 0 aromatic heterocycles. The highest BCUT2D eigenvalue weighted by molar-refractivity contribution is 5.96. The molecule has 0 spiro atoms. The molecule has 18 heavy (non-hydrogen) atoms. The highest BCUT2D eigenvalue weighted by atomic mass is 16.2. The zero-order valence-corrected chi connectivity index (χ0v) is 10.7. The molecule has 0 bridgehead atoms. The molecule has 2 amide bonds. The van der Waals surface area contributed by atoms with E-state index in [2.05, 4.69) is 17.6 Å². The van der Waals surface area contributed by atoms with Crippen LogP contribution in [0.1, 0.15) is 26.7 Å². The monoisotopic (exact) mass is 246 g/mol. The van der Waals surface area contributed by atoms with E-state index in [-0.39, 0.29) is 17.7 Å². The van der Waals surface area contributed by atoms with E-state index < -0.39 is 0 Å². The van der Waals surface area contributed by atoms with Crippen molar-refractivity contribution < 1.29 is 9.59 Å². The molecular weight excluding hydrogens is 228 g/mol. The Balaban J connectivity index is 1.98. The molecule has 1 fully saturated rings. The minimum atomic E-state index is -0.0331. The Morgan fingerprint density at radius 1 is 1.28 bits per heavy atom. The lowest BCUT2D eigenvalue weighted by molar-refractivity contribution is -0.117. The molecular formula is C14H18N2O2. The average molecular weight is 246 g/mol. The summed E-state index contributed by atoms with van der Waals surface area (Å²) in [7, 11) is 0. The number of anilines is 2. The van der Waals surface area contributed by atoms with Gasteiger partial charge in [0.05, 0.1) is 0 Å². The van der Waals surface area contributed by atoms with Crippen molar-refractivity contribution >= 4 is 23.2 Å². The van der Waals surface area contributed by atoms with Gasteiger partial charge in [0.25, 0.3) is 0 Å². The fourth-order valence-corrected chi connectivity index (χ4v) is 1.85. The largest absolute Gasteiger partial charge is 0.326 e. The molecule has 0 unspecified atom stereocenters. The molecule has 1 aromatic carbocycles. The number of carbonyl (C=O) groups excluding carboxylic acids is 2. The van der Waals surface area contributed by atoms with Crippen molar-refractivity contribution in [1.29, 1.82) is 0 Å². The number of hydrogen-bond acceptors (Lipinski definition) is 2. The Morgan fingerprint density at radius 2 is 1.89 bits per heavy atom. The van der Waals surface area contributed by atoms with E-state index in [1.165, 1.54) is 0 Å². The van der Waals surface area contributed by atoms with E-state index in [0.29, 0.717) is 18.0 Å². The van der Waals surface area contributed by atoms with Crippen LogP contribution in [0.4, 0.5) is 11.4 Å². The Morgan fingerprint density at radius 3 is 2.44 bits per heavy atom. The summed E-state index contributed by atoms with van der Waals surface area (Å²) in [6.07, 6.45) is 1.41. The first-order valence-corrected chi connectivity index (χ1v) is 6.31. The van der Waals surface area contributed by atoms with Gasteiger partial charge in [0, 0.05) is 23.7 Å². The zero-order chi connectivity index (χ0) is 13.1. The van der Waals surface area contributed by atoms with Crippen LogP contribution in [0.2, 0.25) is 0 Å². The summed E-state index contributed by atoms with van der Waals surface area (Å²) >= 11 is 0. The second kappa shape index (κ2) is 5.21. The fourth-order valence-electron chi connectivity index (χ4n) is 1.85. The van der Waals surface area contributed by atoms with Crippen molar-refractivity contribution in [3.8, 4) is 0 Å². The van der Waals surface area contributed by atoms with Crippen LogP contribution in [-0.4, -0.2) is 11.8 Å². The van der Waals surface area contributed by atoms with E-state index in [1.54, 1.807) is 13.0 Å². The lowest BCUT2D eigenvalue weighted by atomic mass is 10.2. The second-order valence-electron chi connectivity index (χ2n) is 4.79. The van der Waals surface area contributed by atoms with Gasteiger partial charge in [-0.25, -0.2) is 0 Å². The highest BCUT2D eigenvalue weighted by Crippen LogP contribution is 2.38. The summed E-state index contributed by atoms with van der Waals surface area (Å²) in [5.41, 5.74) is 1.44. The summed E-state index contributed by atoms with van der Waals surface area (Å²) in [5, 5.41) is 5.64. The maximum atomic E-state index is 11.8. The molecule has 2 atom stereocenters. The Kier molecular flexibility index (Phi) is 3.65. The standard InChI is InChI=1S/C14H18N2O2/c1-3-13(17)15-10-5-4-6-11(8-10)16-14(18)12-7-9(12)2/h4-6,8-9,12H,3,7H2,1-2H3,(H,15,17)(H,16,18)/t9-,12+/m0/s1. The number of amides is 2. The predicted molar refractivity (Wildman–Crippen MR) is 71.3 cm³/mol. The van der Waals surface area contributed by atoms with E-state index >= 15 is 0 Å². The number of nitrogens with one attached hydrogen (secondary N) is 2. The topological polar surface area (TPSA) is 58.2 Å². The second-order valence-corrected chi connectivity index (χ2v) is 4.79. The predicted octanol–water partition coefficient (Wildman–Crippen LogP) is 2.63. The number of benzene rings is 1. The van der Waals surface area contributed by atoms with Gasteiger partial charge in [-0.1, -0.05) is 19.9 Å². The molecule has 0 radical (unpaired) electrons. The lowest BCUT2D eigenvalue weighted by Crippen LogP contribution is -2.15. The van der Waals surface area contributed by atoms with Crippen molar-refractivity contribution in [2.75, 3.05) is 10.6 Å². The zero-order valence-electron chi connectivity index (χ0n) is 10.7. The fraction of sp³-hybridized carbons (Fsp3) is 0.429. The van der Waals surface area contributed by atoms with Gasteiger partial charge in [-0.2, -0.15) is 0 Å². The summed E-state index contributed by atoms with van der Waals surface area (Å²) in [6.45, 7) is 3.87. The van der Waals surface area contributed by atoms with E-state index in [1.807, 2.05) is 18.2 Å². The Labute approximate surface area is 107 Å². The molecule has 1 saturated carbocycles. The van der Waals surface area contributed by atoms with Gasteiger partial charge in [0.1, 0.15) is 0 Å². The van der Waals surface area contributed by atoms with Crippen LogP contribution >= 0.6 is 0 Å². The van der Waals surface area contributed by atoms with Gasteiger partial charge in [-0.3, -0.25) is 9.59 Å². The van der Waals surface area contributed by atoms with Gasteiger partial charge in [0.15, 0.2) is 0 Å². The quantitative estimate of drug-likeness (QED) is 0.858. The number of hydrogen-bond donors (Lipinski definition) is 2. The molecule has 4 nitrogen and oxygen atoms in total. The summed E-state index contributed by atoms with van der Waals surface area (Å²) < 4.78 is 0. The molecule has 4 heteroatoms. The molecule has 1 aromatic rings. The van der Waals surface area contributed by atoms with Crippen LogP contribution < -0.4 is 10.6 Å². The molecule has 1 aliphatic rings. The third-order valence-corrected chi connectivity index (χ3v) is 3.18. The molecule has 0 heterocycles. The Hall–Kier alpha value is -1.84. The van der Waals surface area contributed by atoms with E-state index in [4.69, 9.17) is 0 Å². The third-order valence-electron chi connectivity index (χ3n) is 3.18. The molecule has 0 saturated heterocycles. The van der Waals surface area contributed by atoms with Gasteiger partial charge >= 0.3 is 0 Å². The van der Waals surface area contributed by atoms with Gasteiger partial charge < -0.3 is 10.6 Å². The molecule has 96 valence electrons. The van der Waals surface area contributed by atoms with Crippen LogP contribution in [0.25, 0.3) is 0 Å². The van der Waals surface area contributed by atoms with Gasteiger partial charge in [0.2, 0.25) is 11.8 Å². The first-order valence-electron chi connectivity index (χ1n) is 6.31. The van der Waals surface area contributed by atoms with Crippen molar-refractivity contribution in [2.24, 2.45) is 11.8 Å². The van der Waals surface area contributed by atoms with E-state index in [0.717, 1.165) is 12.1 Å². The molecule has 0 aliphatic heterocycles. The van der Waals surface area contributed by atoms with Crippen LogP contribution in [0.15, 0.2) is 24.3 Å². The molecule has 2 rings (SSSR count). The maximum Gasteiger partial charge on any atom is 0.227 e. The van der Waals surface area contributed by atoms with Crippen LogP contribution in [-0.2, 0) is 9.59 Å². The van der Waals surface area contributed by atoms with Crippen LogP contribution in [0, 0.1) is 11.8 Å². The third kappa shape index (κ3) is 3.09. The summed E-state index contributed by atoms with van der Waals surface area (Å²) in [5.74, 6) is 0.683. The Bertz CT molecular complexity index is 471. The minimum absolute atomic E-state index is 0.0331. The lowest BCUT2D eigenvalue weighted by Gasteiger charge is -2.08. The average Bonchev–Trinajstić information content (AvgIpc) is 3.07. The smallest absolute Gasteiger partial charge is 0.227 e. The summed E-state index contributed by atoms with van der Waals surface area (Å²) in [6, 6.07) is 7.23.